The number of benzene rings is 2. The number of Topliss-reactive ketones (excluding diaryl/α,β-unsaturated/α-hetero) is 1. The monoisotopic (exact) mass is 385 g/mol. The van der Waals surface area contributed by atoms with E-state index in [1.54, 1.807) is 50.2 Å². The minimum absolute atomic E-state index is 0.000131. The Kier molecular flexibility index (Phi) is 7.14. The molecule has 0 saturated heterocycles. The third kappa shape index (κ3) is 5.84. The van der Waals surface area contributed by atoms with Gasteiger partial charge in [-0.1, -0.05) is 50.2 Å². The Bertz CT molecular complexity index is 847. The summed E-state index contributed by atoms with van der Waals surface area (Å²) in [6.45, 7) is 3.14. The summed E-state index contributed by atoms with van der Waals surface area (Å²) in [6, 6.07) is 13.0. The van der Waals surface area contributed by atoms with Crippen molar-refractivity contribution in [3.05, 3.63) is 59.7 Å². The summed E-state index contributed by atoms with van der Waals surface area (Å²) < 4.78 is 10.3. The zero-order chi connectivity index (χ0) is 20.7. The Morgan fingerprint density at radius 2 is 1.75 bits per heavy atom. The van der Waals surface area contributed by atoms with Crippen LogP contribution in [0, 0.1) is 5.92 Å². The maximum atomic E-state index is 12.1. The normalized spacial score (nSPS) is 10.4. The average molecular weight is 385 g/mol. The molecule has 1 N–H and O–H groups in total. The third-order valence-corrected chi connectivity index (χ3v) is 3.86. The van der Waals surface area contributed by atoms with Gasteiger partial charge in [0, 0.05) is 12.6 Å². The number of aromatic hydroxyl groups is 1. The van der Waals surface area contributed by atoms with Crippen molar-refractivity contribution >= 4 is 17.8 Å². The molecule has 7 nitrogen and oxygen atoms in total. The number of rotatable bonds is 7. The van der Waals surface area contributed by atoms with Gasteiger partial charge in [0.2, 0.25) is 0 Å². The number of carbonyl (C=O) groups is 3. The maximum absolute atomic E-state index is 12.1. The molecule has 0 fully saturated rings. The molecule has 2 aromatic rings. The molecule has 0 saturated carbocycles. The van der Waals surface area contributed by atoms with Crippen LogP contribution in [0.25, 0.3) is 0 Å². The average Bonchev–Trinajstić information content (AvgIpc) is 2.68. The van der Waals surface area contributed by atoms with Crippen molar-refractivity contribution in [1.82, 2.24) is 4.90 Å². The highest BCUT2D eigenvalue weighted by Crippen LogP contribution is 2.28. The summed E-state index contributed by atoms with van der Waals surface area (Å²) in [4.78, 5) is 37.1. The molecule has 0 heterocycles. The molecule has 0 unspecified atom stereocenters. The molecule has 0 spiro atoms. The van der Waals surface area contributed by atoms with Crippen LogP contribution in [0.5, 0.6) is 11.5 Å². The summed E-state index contributed by atoms with van der Waals surface area (Å²) in [5.41, 5.74) is 1.04. The zero-order valence-corrected chi connectivity index (χ0v) is 16.0. The molecule has 7 heteroatoms. The van der Waals surface area contributed by atoms with Gasteiger partial charge in [-0.3, -0.25) is 9.59 Å². The Labute approximate surface area is 163 Å². The minimum atomic E-state index is -0.668. The van der Waals surface area contributed by atoms with Crippen molar-refractivity contribution in [1.29, 1.82) is 0 Å². The van der Waals surface area contributed by atoms with Crippen LogP contribution in [0.3, 0.4) is 0 Å². The number of esters is 1. The lowest BCUT2D eigenvalue weighted by atomic mass is 10.1. The second-order valence-electron chi connectivity index (χ2n) is 6.58. The van der Waals surface area contributed by atoms with Crippen molar-refractivity contribution in [3.63, 3.8) is 0 Å². The van der Waals surface area contributed by atoms with Gasteiger partial charge in [0.25, 0.3) is 0 Å². The van der Waals surface area contributed by atoms with Gasteiger partial charge in [0.05, 0.1) is 12.5 Å². The van der Waals surface area contributed by atoms with Gasteiger partial charge in [-0.2, -0.15) is 0 Å². The van der Waals surface area contributed by atoms with Gasteiger partial charge in [-0.15, -0.1) is 0 Å². The molecule has 1 amide bonds. The number of carbonyl (C=O) groups excluding carboxylic acids is 3. The van der Waals surface area contributed by atoms with Gasteiger partial charge < -0.3 is 19.5 Å². The number of ether oxygens (including phenoxy) is 2. The predicted molar refractivity (Wildman–Crippen MR) is 102 cm³/mol. The first kappa shape index (κ1) is 21.0. The zero-order valence-electron chi connectivity index (χ0n) is 16.0. The van der Waals surface area contributed by atoms with Crippen LogP contribution >= 0.6 is 0 Å². The van der Waals surface area contributed by atoms with Gasteiger partial charge >= 0.3 is 12.1 Å². The highest BCUT2D eigenvalue weighted by molar-refractivity contribution is 5.98. The molecule has 0 radical (unpaired) electrons. The number of likely N-dealkylation sites (N-methyl/N-ethyl adjacent to an activating group) is 1. The van der Waals surface area contributed by atoms with E-state index >= 15 is 0 Å². The quantitative estimate of drug-likeness (QED) is 0.446. The molecule has 148 valence electrons. The van der Waals surface area contributed by atoms with Crippen LogP contribution in [0.15, 0.2) is 48.5 Å². The van der Waals surface area contributed by atoms with Crippen molar-refractivity contribution in [2.45, 2.75) is 20.5 Å². The Balaban J connectivity index is 1.93. The standard InChI is InChI=1S/C21H23NO6/c1-14(2)20(25)28-19-11-15(9-10-17(19)23)13-27-21(26)22(3)12-18(24)16-7-5-4-6-8-16/h4-11,14,23H,12-13H2,1-3H3. The Morgan fingerprint density at radius 1 is 1.07 bits per heavy atom. The van der Waals surface area contributed by atoms with Crippen molar-refractivity contribution in [3.8, 4) is 11.5 Å². The lowest BCUT2D eigenvalue weighted by molar-refractivity contribution is -0.137. The van der Waals surface area contributed by atoms with Crippen LogP contribution < -0.4 is 4.74 Å². The van der Waals surface area contributed by atoms with Gasteiger partial charge in [0.15, 0.2) is 17.3 Å². The fourth-order valence-corrected chi connectivity index (χ4v) is 2.21. The molecular weight excluding hydrogens is 362 g/mol. The molecule has 0 aromatic heterocycles. The molecule has 0 bridgehead atoms. The van der Waals surface area contributed by atoms with Crippen molar-refractivity contribution < 1.29 is 29.0 Å². The highest BCUT2D eigenvalue weighted by atomic mass is 16.6. The SMILES string of the molecule is CC(C)C(=O)Oc1cc(COC(=O)N(C)CC(=O)c2ccccc2)ccc1O. The van der Waals surface area contributed by atoms with Crippen molar-refractivity contribution in [2.24, 2.45) is 5.92 Å². The van der Waals surface area contributed by atoms with Crippen molar-refractivity contribution in [2.75, 3.05) is 13.6 Å². The minimum Gasteiger partial charge on any atom is -0.504 e. The van der Waals surface area contributed by atoms with E-state index in [2.05, 4.69) is 0 Å². The third-order valence-electron chi connectivity index (χ3n) is 3.86. The number of nitrogens with zero attached hydrogens (tertiary/aromatic N) is 1. The molecule has 0 aliphatic carbocycles. The predicted octanol–water partition coefficient (Wildman–Crippen LogP) is 3.40. The van der Waals surface area contributed by atoms with Crippen LogP contribution in [0.1, 0.15) is 29.8 Å². The van der Waals surface area contributed by atoms with E-state index < -0.39 is 12.1 Å². The van der Waals surface area contributed by atoms with Gasteiger partial charge in [-0.25, -0.2) is 4.79 Å². The van der Waals surface area contributed by atoms with E-state index in [1.807, 2.05) is 0 Å². The number of phenolic OH excluding ortho intramolecular Hbond substituents is 1. The molecule has 0 aliphatic rings. The number of ketones is 1. The van der Waals surface area contributed by atoms with Crippen LogP contribution in [-0.4, -0.2) is 41.4 Å². The Morgan fingerprint density at radius 3 is 2.39 bits per heavy atom. The van der Waals surface area contributed by atoms with Gasteiger partial charge in [0.1, 0.15) is 6.61 Å². The highest BCUT2D eigenvalue weighted by Gasteiger charge is 2.17. The number of hydrogen-bond donors (Lipinski definition) is 1. The van der Waals surface area contributed by atoms with Crippen LogP contribution in [0.2, 0.25) is 0 Å². The van der Waals surface area contributed by atoms with E-state index in [1.165, 1.54) is 24.1 Å². The molecule has 0 atom stereocenters. The Hall–Kier alpha value is -3.35. The summed E-state index contributed by atoms with van der Waals surface area (Å²) >= 11 is 0. The second kappa shape index (κ2) is 9.55. The molecule has 0 aliphatic heterocycles. The fourth-order valence-electron chi connectivity index (χ4n) is 2.21. The largest absolute Gasteiger partial charge is 0.504 e. The maximum Gasteiger partial charge on any atom is 0.410 e. The first-order valence-corrected chi connectivity index (χ1v) is 8.77. The summed E-state index contributed by atoms with van der Waals surface area (Å²) in [5, 5.41) is 9.81. The van der Waals surface area contributed by atoms with Crippen LogP contribution in [-0.2, 0) is 16.1 Å². The lowest BCUT2D eigenvalue weighted by Gasteiger charge is -2.16. The van der Waals surface area contributed by atoms with E-state index in [9.17, 15) is 19.5 Å². The van der Waals surface area contributed by atoms with E-state index in [-0.39, 0.29) is 36.4 Å². The fraction of sp³-hybridized carbons (Fsp3) is 0.286. The van der Waals surface area contributed by atoms with E-state index in [4.69, 9.17) is 9.47 Å². The lowest BCUT2D eigenvalue weighted by Crippen LogP contribution is -2.32. The topological polar surface area (TPSA) is 93.1 Å². The molecule has 2 aromatic carbocycles. The molecule has 28 heavy (non-hydrogen) atoms. The first-order chi connectivity index (χ1) is 13.3. The summed E-state index contributed by atoms with van der Waals surface area (Å²) in [7, 11) is 1.47. The number of phenols is 1. The van der Waals surface area contributed by atoms with Gasteiger partial charge in [-0.05, 0) is 17.7 Å². The number of amides is 1. The first-order valence-electron chi connectivity index (χ1n) is 8.77. The summed E-state index contributed by atoms with van der Waals surface area (Å²) in [5.74, 6) is -1.22. The van der Waals surface area contributed by atoms with E-state index in [0.717, 1.165) is 0 Å². The summed E-state index contributed by atoms with van der Waals surface area (Å²) in [6.07, 6.45) is -0.668. The number of hydrogen-bond acceptors (Lipinski definition) is 6. The smallest absolute Gasteiger partial charge is 0.410 e. The van der Waals surface area contributed by atoms with E-state index in [0.29, 0.717) is 11.1 Å². The van der Waals surface area contributed by atoms with Crippen LogP contribution in [0.4, 0.5) is 4.79 Å². The molecule has 2 rings (SSSR count). The molecular formula is C21H23NO6. The second-order valence-corrected chi connectivity index (χ2v) is 6.58.